The molecule has 0 saturated heterocycles. The second kappa shape index (κ2) is 16.3. The van der Waals surface area contributed by atoms with Crippen molar-refractivity contribution in [1.29, 1.82) is 0 Å². The van der Waals surface area contributed by atoms with Gasteiger partial charge < -0.3 is 4.74 Å². The summed E-state index contributed by atoms with van der Waals surface area (Å²) in [4.78, 5) is 0. The van der Waals surface area contributed by atoms with Gasteiger partial charge in [-0.05, 0) is 5.33 Å². The third-order valence-electron chi connectivity index (χ3n) is 0.440. The summed E-state index contributed by atoms with van der Waals surface area (Å²) in [5.41, 5.74) is 0. The number of allylic oxidation sites excluding steroid dienone is 1. The van der Waals surface area contributed by atoms with Crippen molar-refractivity contribution in [3.8, 4) is 0 Å². The molecule has 0 aliphatic carbocycles. The maximum Gasteiger partial charge on any atom is 0.0187 e. The normalized spacial score (nSPS) is 7.78. The number of alkyl halides is 1. The molecular formula is C5H8BrOUV-. The number of hydrogen-bond donors (Lipinski definition) is 0. The Bertz CT molecular complexity index is 60.9. The van der Waals surface area contributed by atoms with Gasteiger partial charge in [0.1, 0.15) is 0 Å². The Kier molecular flexibility index (Phi) is 30.8. The van der Waals surface area contributed by atoms with Gasteiger partial charge in [0.25, 0.3) is 0 Å². The van der Waals surface area contributed by atoms with E-state index in [0.29, 0.717) is 0 Å². The predicted octanol–water partition coefficient (Wildman–Crippen LogP) is 1.74. The molecule has 51 valence electrons. The fraction of sp³-hybridized carbons (Fsp3) is 0.400. The SMILES string of the molecule is CO[CH-]/C=C\CBr.[U].[V]. The second-order valence-corrected chi connectivity index (χ2v) is 1.60. The summed E-state index contributed by atoms with van der Waals surface area (Å²) in [6.45, 7) is 1.63. The number of halogens is 1. The van der Waals surface area contributed by atoms with E-state index in [4.69, 9.17) is 0 Å². The fourth-order valence-electron chi connectivity index (χ4n) is 0.186. The molecule has 1 radical (unpaired) electrons. The van der Waals surface area contributed by atoms with E-state index in [1.807, 2.05) is 12.2 Å². The van der Waals surface area contributed by atoms with Gasteiger partial charge in [0.05, 0.1) is 0 Å². The number of ether oxygens (including phenoxy) is 1. The third kappa shape index (κ3) is 17.7. The van der Waals surface area contributed by atoms with E-state index in [1.54, 1.807) is 13.7 Å². The maximum absolute atomic E-state index is 4.61. The van der Waals surface area contributed by atoms with Crippen LogP contribution >= 0.6 is 15.9 Å². The molecule has 4 heteroatoms. The molecule has 0 unspecified atom stereocenters. The summed E-state index contributed by atoms with van der Waals surface area (Å²) >= 11 is 3.22. The number of hydrogen-bond acceptors (Lipinski definition) is 1. The monoisotopic (exact) mass is 452 g/mol. The van der Waals surface area contributed by atoms with Crippen LogP contribution in [0.25, 0.3) is 0 Å². The van der Waals surface area contributed by atoms with Crippen LogP contribution in [0.3, 0.4) is 0 Å². The Labute approximate surface area is 100 Å². The smallest absolute Gasteiger partial charge is 0.0187 e. The Morgan fingerprint density at radius 3 is 2.56 bits per heavy atom. The van der Waals surface area contributed by atoms with Gasteiger partial charge in [-0.1, -0.05) is 0 Å². The molecule has 0 saturated carbocycles. The first-order chi connectivity index (χ1) is 3.41. The van der Waals surface area contributed by atoms with Crippen LogP contribution in [0, 0.1) is 37.7 Å². The molecule has 0 heterocycles. The molecule has 0 aromatic heterocycles. The van der Waals surface area contributed by atoms with Crippen LogP contribution in [0.4, 0.5) is 0 Å². The molecule has 0 aliphatic heterocycles. The standard InChI is InChI=1S/C5H8BrO.U.V/c1-7-5-3-2-4-6;;/h2-3,5H,4H2,1H3;;/q-1;;/b3-2-;;. The molecule has 0 aromatic rings. The van der Waals surface area contributed by atoms with E-state index < -0.39 is 0 Å². The molecule has 0 N–H and O–H groups in total. The van der Waals surface area contributed by atoms with Crippen LogP contribution < -0.4 is 0 Å². The summed E-state index contributed by atoms with van der Waals surface area (Å²) in [7, 11) is 1.62. The average molecular weight is 453 g/mol. The maximum atomic E-state index is 4.61. The van der Waals surface area contributed by atoms with Crippen LogP contribution in [0.2, 0.25) is 0 Å². The van der Waals surface area contributed by atoms with E-state index in [1.165, 1.54) is 0 Å². The molecule has 1 nitrogen and oxygen atoms in total. The van der Waals surface area contributed by atoms with E-state index in [-0.39, 0.29) is 49.7 Å². The van der Waals surface area contributed by atoms with Crippen molar-refractivity contribution in [1.82, 2.24) is 0 Å². The van der Waals surface area contributed by atoms with Crippen molar-refractivity contribution in [2.75, 3.05) is 12.4 Å². The van der Waals surface area contributed by atoms with Crippen molar-refractivity contribution >= 4 is 15.9 Å². The Morgan fingerprint density at radius 1 is 1.67 bits per heavy atom. The summed E-state index contributed by atoms with van der Waals surface area (Å²) in [6, 6.07) is 0. The van der Waals surface area contributed by atoms with Gasteiger partial charge in [0, 0.05) is 56.8 Å². The van der Waals surface area contributed by atoms with Crippen molar-refractivity contribution in [3.05, 3.63) is 18.8 Å². The van der Waals surface area contributed by atoms with E-state index in [0.717, 1.165) is 5.33 Å². The Balaban J connectivity index is -0.000000180. The van der Waals surface area contributed by atoms with Gasteiger partial charge in [-0.2, -0.15) is 0 Å². The molecule has 0 bridgehead atoms. The minimum absolute atomic E-state index is 0. The Hall–Kier alpha value is 1.69. The van der Waals surface area contributed by atoms with Crippen LogP contribution in [0.5, 0.6) is 0 Å². The largest absolute Gasteiger partial charge is 0.445 e. The van der Waals surface area contributed by atoms with Crippen LogP contribution in [-0.4, -0.2) is 12.4 Å². The van der Waals surface area contributed by atoms with Gasteiger partial charge >= 0.3 is 0 Å². The zero-order valence-corrected chi connectivity index (χ0v) is 12.3. The minimum atomic E-state index is 0. The van der Waals surface area contributed by atoms with Crippen molar-refractivity contribution < 1.29 is 54.4 Å². The molecule has 0 aromatic carbocycles. The van der Waals surface area contributed by atoms with E-state index in [2.05, 4.69) is 20.7 Å². The van der Waals surface area contributed by atoms with Gasteiger partial charge in [0.15, 0.2) is 0 Å². The van der Waals surface area contributed by atoms with Crippen LogP contribution in [-0.2, 0) is 23.3 Å². The van der Waals surface area contributed by atoms with Gasteiger partial charge in [-0.3, -0.25) is 0 Å². The molecule has 0 amide bonds. The van der Waals surface area contributed by atoms with Gasteiger partial charge in [-0.15, -0.1) is 22.5 Å². The molecule has 0 fully saturated rings. The van der Waals surface area contributed by atoms with E-state index >= 15 is 0 Å². The number of methoxy groups -OCH3 is 1. The summed E-state index contributed by atoms with van der Waals surface area (Å²) < 4.78 is 4.61. The molecule has 0 rings (SSSR count). The van der Waals surface area contributed by atoms with Crippen molar-refractivity contribution in [2.45, 2.75) is 0 Å². The molecule has 9 heavy (non-hydrogen) atoms. The quantitative estimate of drug-likeness (QED) is 0.468. The molecule has 0 spiro atoms. The molecule has 0 atom stereocenters. The first-order valence-corrected chi connectivity index (χ1v) is 3.11. The second-order valence-electron chi connectivity index (χ2n) is 0.954. The van der Waals surface area contributed by atoms with E-state index in [9.17, 15) is 0 Å². The first kappa shape index (κ1) is 17.0. The number of rotatable bonds is 3. The zero-order valence-electron chi connectivity index (χ0n) is 5.17. The average Bonchev–Trinajstić information content (AvgIpc) is 1.69. The summed E-state index contributed by atoms with van der Waals surface area (Å²) in [5, 5.41) is 0.882. The minimum Gasteiger partial charge on any atom is -0.445 e. The van der Waals surface area contributed by atoms with Gasteiger partial charge in [-0.25, -0.2) is 12.2 Å². The summed E-state index contributed by atoms with van der Waals surface area (Å²) in [5.74, 6) is 0. The van der Waals surface area contributed by atoms with Crippen LogP contribution in [0.1, 0.15) is 0 Å². The van der Waals surface area contributed by atoms with Crippen LogP contribution in [0.15, 0.2) is 12.2 Å². The van der Waals surface area contributed by atoms with Crippen molar-refractivity contribution in [2.24, 2.45) is 0 Å². The van der Waals surface area contributed by atoms with Gasteiger partial charge in [0.2, 0.25) is 0 Å². The topological polar surface area (TPSA) is 9.23 Å². The molecule has 0 aliphatic rings. The summed E-state index contributed by atoms with van der Waals surface area (Å²) in [6.07, 6.45) is 3.79. The zero-order chi connectivity index (χ0) is 5.54. The fourth-order valence-corrected chi connectivity index (χ4v) is 0.401. The first-order valence-electron chi connectivity index (χ1n) is 1.99. The molecular weight excluding hydrogens is 445 g/mol. The third-order valence-corrected chi connectivity index (χ3v) is 0.814. The van der Waals surface area contributed by atoms with Crippen molar-refractivity contribution in [3.63, 3.8) is 0 Å². The Morgan fingerprint density at radius 2 is 2.22 bits per heavy atom. The predicted molar refractivity (Wildman–Crippen MR) is 34.2 cm³/mol.